The van der Waals surface area contributed by atoms with Crippen LogP contribution in [0.15, 0.2) is 54.6 Å². The Morgan fingerprint density at radius 2 is 1.56 bits per heavy atom. The fraction of sp³-hybridized carbons (Fsp3) is 0.400. The van der Waals surface area contributed by atoms with Gasteiger partial charge in [-0.15, -0.1) is 37.2 Å². The van der Waals surface area contributed by atoms with Gasteiger partial charge in [0.05, 0.1) is 0 Å². The van der Waals surface area contributed by atoms with Crippen molar-refractivity contribution in [1.29, 1.82) is 0 Å². The second-order valence-electron chi connectivity index (χ2n) is 6.65. The number of nitrogen functional groups attached to an aromatic ring is 1. The number of likely N-dealkylation sites (N-methyl/N-ethyl adjacent to an activating group) is 1. The van der Waals surface area contributed by atoms with Crippen LogP contribution in [-0.4, -0.2) is 56.1 Å². The van der Waals surface area contributed by atoms with Crippen LogP contribution in [0.3, 0.4) is 0 Å². The van der Waals surface area contributed by atoms with Crippen LogP contribution < -0.4 is 10.6 Å². The number of nitrogens with two attached hydrogens (primary N) is 1. The molecule has 4 nitrogen and oxygen atoms in total. The van der Waals surface area contributed by atoms with Gasteiger partial charge in [-0.1, -0.05) is 30.3 Å². The predicted molar refractivity (Wildman–Crippen MR) is 124 cm³/mol. The van der Waals surface area contributed by atoms with Gasteiger partial charge in [0.25, 0.3) is 0 Å². The van der Waals surface area contributed by atoms with E-state index in [0.717, 1.165) is 51.5 Å². The highest BCUT2D eigenvalue weighted by atomic mass is 35.5. The Balaban J connectivity index is 0.00000225. The molecule has 1 saturated heterocycles. The van der Waals surface area contributed by atoms with Crippen LogP contribution in [0.5, 0.6) is 0 Å². The summed E-state index contributed by atoms with van der Waals surface area (Å²) in [6.07, 6.45) is 0. The van der Waals surface area contributed by atoms with Gasteiger partial charge in [0, 0.05) is 57.2 Å². The molecule has 0 amide bonds. The quantitative estimate of drug-likeness (QED) is 0.703. The first-order valence-electron chi connectivity index (χ1n) is 8.76. The van der Waals surface area contributed by atoms with E-state index in [0.29, 0.717) is 0 Å². The zero-order valence-electron chi connectivity index (χ0n) is 15.8. The summed E-state index contributed by atoms with van der Waals surface area (Å²) >= 11 is 0. The summed E-state index contributed by atoms with van der Waals surface area (Å²) < 4.78 is 0. The topological polar surface area (TPSA) is 35.7 Å². The predicted octanol–water partition coefficient (Wildman–Crippen LogP) is 3.79. The Hall–Kier alpha value is -1.17. The average molecular weight is 434 g/mol. The smallest absolute Gasteiger partial charge is 0.0367 e. The molecule has 0 saturated carbocycles. The Labute approximate surface area is 181 Å². The van der Waals surface area contributed by atoms with E-state index in [4.69, 9.17) is 5.73 Å². The van der Waals surface area contributed by atoms with Gasteiger partial charge in [-0.05, 0) is 36.9 Å². The van der Waals surface area contributed by atoms with Crippen molar-refractivity contribution in [3.63, 3.8) is 0 Å². The molecule has 2 aromatic carbocycles. The summed E-state index contributed by atoms with van der Waals surface area (Å²) in [5.74, 6) is 0. The Kier molecular flexibility index (Phi) is 12.5. The van der Waals surface area contributed by atoms with Crippen molar-refractivity contribution in [3.8, 4) is 0 Å². The highest BCUT2D eigenvalue weighted by Gasteiger charge is 2.17. The molecular formula is C20H31Cl3N4. The molecule has 2 N–H and O–H groups in total. The van der Waals surface area contributed by atoms with Gasteiger partial charge >= 0.3 is 0 Å². The Morgan fingerprint density at radius 3 is 2.19 bits per heavy atom. The summed E-state index contributed by atoms with van der Waals surface area (Å²) in [6, 6.07) is 18.9. The fourth-order valence-corrected chi connectivity index (χ4v) is 3.26. The molecule has 7 heteroatoms. The van der Waals surface area contributed by atoms with E-state index in [2.05, 4.69) is 64.2 Å². The molecule has 0 bridgehead atoms. The maximum absolute atomic E-state index is 5.85. The third-order valence-corrected chi connectivity index (χ3v) is 4.70. The highest BCUT2D eigenvalue weighted by Crippen LogP contribution is 2.15. The minimum absolute atomic E-state index is 0. The van der Waals surface area contributed by atoms with E-state index in [1.165, 1.54) is 11.3 Å². The van der Waals surface area contributed by atoms with Crippen molar-refractivity contribution in [2.24, 2.45) is 0 Å². The molecule has 27 heavy (non-hydrogen) atoms. The number of rotatable bonds is 6. The van der Waals surface area contributed by atoms with Gasteiger partial charge in [0.15, 0.2) is 0 Å². The largest absolute Gasteiger partial charge is 0.399 e. The molecule has 0 atom stereocenters. The standard InChI is InChI=1S/C20H28N4.3ClH/c1-22(17-18-6-5-7-19(21)16-18)10-11-23-12-14-24(15-13-23)20-8-3-2-4-9-20;;;/h2-9,16H,10-15,17,21H2,1H3;3*1H. The van der Waals surface area contributed by atoms with Crippen molar-refractivity contribution in [2.45, 2.75) is 6.54 Å². The highest BCUT2D eigenvalue weighted by molar-refractivity contribution is 5.86. The fourth-order valence-electron chi connectivity index (χ4n) is 3.26. The molecule has 0 radical (unpaired) electrons. The van der Waals surface area contributed by atoms with Gasteiger partial charge in [-0.2, -0.15) is 0 Å². The van der Waals surface area contributed by atoms with E-state index < -0.39 is 0 Å². The summed E-state index contributed by atoms with van der Waals surface area (Å²) in [5, 5.41) is 0. The van der Waals surface area contributed by atoms with Crippen molar-refractivity contribution in [3.05, 3.63) is 60.2 Å². The Bertz CT molecular complexity index is 634. The number of benzene rings is 2. The summed E-state index contributed by atoms with van der Waals surface area (Å²) in [7, 11) is 2.18. The molecule has 0 unspecified atom stereocenters. The van der Waals surface area contributed by atoms with Crippen LogP contribution in [-0.2, 0) is 6.54 Å². The monoisotopic (exact) mass is 432 g/mol. The SMILES string of the molecule is CN(CCN1CCN(c2ccccc2)CC1)Cc1cccc(N)c1.Cl.Cl.Cl. The van der Waals surface area contributed by atoms with Crippen molar-refractivity contribution >= 4 is 48.6 Å². The number of nitrogens with zero attached hydrogens (tertiary/aromatic N) is 3. The molecule has 0 aromatic heterocycles. The van der Waals surface area contributed by atoms with Crippen LogP contribution in [0.2, 0.25) is 0 Å². The van der Waals surface area contributed by atoms with E-state index in [-0.39, 0.29) is 37.2 Å². The lowest BCUT2D eigenvalue weighted by atomic mass is 10.2. The van der Waals surface area contributed by atoms with Crippen LogP contribution in [0.25, 0.3) is 0 Å². The molecule has 1 heterocycles. The first-order valence-corrected chi connectivity index (χ1v) is 8.76. The molecule has 1 fully saturated rings. The lowest BCUT2D eigenvalue weighted by Crippen LogP contribution is -2.48. The molecule has 1 aliphatic rings. The van der Waals surface area contributed by atoms with Crippen LogP contribution in [0.4, 0.5) is 11.4 Å². The number of anilines is 2. The number of halogens is 3. The van der Waals surface area contributed by atoms with Crippen LogP contribution in [0.1, 0.15) is 5.56 Å². The summed E-state index contributed by atoms with van der Waals surface area (Å²) in [4.78, 5) is 7.42. The maximum Gasteiger partial charge on any atom is 0.0367 e. The zero-order chi connectivity index (χ0) is 16.8. The third kappa shape index (κ3) is 8.16. The lowest BCUT2D eigenvalue weighted by molar-refractivity contribution is 0.212. The number of para-hydroxylation sites is 1. The zero-order valence-corrected chi connectivity index (χ0v) is 18.2. The molecule has 0 spiro atoms. The summed E-state index contributed by atoms with van der Waals surface area (Å²) in [6.45, 7) is 7.67. The van der Waals surface area contributed by atoms with Gasteiger partial charge < -0.3 is 15.5 Å². The second-order valence-corrected chi connectivity index (χ2v) is 6.65. The van der Waals surface area contributed by atoms with E-state index in [1.807, 2.05) is 12.1 Å². The van der Waals surface area contributed by atoms with Crippen LogP contribution in [0, 0.1) is 0 Å². The molecule has 3 rings (SSSR count). The lowest BCUT2D eigenvalue weighted by Gasteiger charge is -2.36. The number of piperazine rings is 1. The van der Waals surface area contributed by atoms with Crippen molar-refractivity contribution in [2.75, 3.05) is 56.9 Å². The first-order chi connectivity index (χ1) is 11.7. The molecular weight excluding hydrogens is 403 g/mol. The van der Waals surface area contributed by atoms with E-state index in [1.54, 1.807) is 0 Å². The van der Waals surface area contributed by atoms with E-state index in [9.17, 15) is 0 Å². The molecule has 2 aromatic rings. The second kappa shape index (κ2) is 13.1. The minimum Gasteiger partial charge on any atom is -0.399 e. The van der Waals surface area contributed by atoms with Crippen LogP contribution >= 0.6 is 37.2 Å². The minimum atomic E-state index is 0. The van der Waals surface area contributed by atoms with E-state index >= 15 is 0 Å². The van der Waals surface area contributed by atoms with Gasteiger partial charge in [0.1, 0.15) is 0 Å². The van der Waals surface area contributed by atoms with Gasteiger partial charge in [0.2, 0.25) is 0 Å². The van der Waals surface area contributed by atoms with Crippen molar-refractivity contribution < 1.29 is 0 Å². The molecule has 1 aliphatic heterocycles. The average Bonchev–Trinajstić information content (AvgIpc) is 2.61. The number of hydrogen-bond acceptors (Lipinski definition) is 4. The van der Waals surface area contributed by atoms with Gasteiger partial charge in [-0.25, -0.2) is 0 Å². The maximum atomic E-state index is 5.85. The Morgan fingerprint density at radius 1 is 0.889 bits per heavy atom. The molecule has 152 valence electrons. The van der Waals surface area contributed by atoms with Crippen molar-refractivity contribution in [1.82, 2.24) is 9.80 Å². The number of hydrogen-bond donors (Lipinski definition) is 1. The third-order valence-electron chi connectivity index (χ3n) is 4.70. The summed E-state index contributed by atoms with van der Waals surface area (Å²) in [5.41, 5.74) is 9.33. The normalized spacial score (nSPS) is 14.1. The van der Waals surface area contributed by atoms with Gasteiger partial charge in [-0.3, -0.25) is 4.90 Å². The molecule has 0 aliphatic carbocycles. The first kappa shape index (κ1) is 25.8.